The molecule has 2 atom stereocenters. The van der Waals surface area contributed by atoms with Crippen molar-refractivity contribution in [2.75, 3.05) is 13.6 Å². The summed E-state index contributed by atoms with van der Waals surface area (Å²) in [5, 5.41) is 8.21. The van der Waals surface area contributed by atoms with E-state index in [0.717, 1.165) is 37.3 Å². The van der Waals surface area contributed by atoms with Crippen molar-refractivity contribution in [2.45, 2.75) is 50.1 Å². The highest BCUT2D eigenvalue weighted by atomic mass is 35.5. The Morgan fingerprint density at radius 1 is 1.12 bits per heavy atom. The van der Waals surface area contributed by atoms with Gasteiger partial charge in [-0.05, 0) is 68.6 Å². The number of benzene rings is 2. The second-order valence-corrected chi connectivity index (χ2v) is 7.59. The number of halogens is 2. The molecular weight excluding hydrogens is 347 g/mol. The highest BCUT2D eigenvalue weighted by Gasteiger charge is 2.41. The van der Waals surface area contributed by atoms with Gasteiger partial charge >= 0.3 is 0 Å². The fraction of sp³-hybridized carbons (Fsp3) is 0.455. The van der Waals surface area contributed by atoms with Gasteiger partial charge < -0.3 is 10.6 Å². The van der Waals surface area contributed by atoms with Crippen LogP contribution in [0.1, 0.15) is 43.2 Å². The molecular formula is C22H28ClFN2. The maximum atomic E-state index is 13.0. The van der Waals surface area contributed by atoms with Crippen LogP contribution in [-0.2, 0) is 12.0 Å². The first-order valence-electron chi connectivity index (χ1n) is 9.57. The third-order valence-electron chi connectivity index (χ3n) is 5.66. The second kappa shape index (κ2) is 8.98. The first-order valence-corrected chi connectivity index (χ1v) is 9.95. The van der Waals surface area contributed by atoms with E-state index in [1.54, 1.807) is 0 Å². The van der Waals surface area contributed by atoms with Crippen LogP contribution in [0.5, 0.6) is 0 Å². The maximum Gasteiger partial charge on any atom is 0.123 e. The molecule has 1 saturated carbocycles. The number of aryl methyl sites for hydroxylation is 1. The third-order valence-corrected chi connectivity index (χ3v) is 5.99. The van der Waals surface area contributed by atoms with Gasteiger partial charge in [-0.3, -0.25) is 0 Å². The van der Waals surface area contributed by atoms with E-state index in [1.807, 2.05) is 31.3 Å². The summed E-state index contributed by atoms with van der Waals surface area (Å²) in [5.41, 5.74) is 2.26. The third kappa shape index (κ3) is 4.28. The summed E-state index contributed by atoms with van der Waals surface area (Å²) in [7, 11) is 2.04. The summed E-state index contributed by atoms with van der Waals surface area (Å²) < 4.78 is 13.0. The van der Waals surface area contributed by atoms with E-state index in [9.17, 15) is 4.39 Å². The van der Waals surface area contributed by atoms with Gasteiger partial charge in [0.05, 0.1) is 5.54 Å². The molecule has 2 nitrogen and oxygen atoms in total. The van der Waals surface area contributed by atoms with E-state index in [2.05, 4.69) is 22.8 Å². The highest BCUT2D eigenvalue weighted by molar-refractivity contribution is 6.31. The van der Waals surface area contributed by atoms with Crippen LogP contribution in [0.4, 0.5) is 4.39 Å². The molecule has 1 aliphatic carbocycles. The van der Waals surface area contributed by atoms with Gasteiger partial charge in [0.15, 0.2) is 0 Å². The van der Waals surface area contributed by atoms with Crippen molar-refractivity contribution in [2.24, 2.45) is 0 Å². The zero-order chi connectivity index (χ0) is 18.4. The van der Waals surface area contributed by atoms with Crippen LogP contribution in [0.15, 0.2) is 48.5 Å². The number of nitrogens with one attached hydrogen (secondary N) is 2. The fourth-order valence-electron chi connectivity index (χ4n) is 4.25. The monoisotopic (exact) mass is 374 g/mol. The van der Waals surface area contributed by atoms with Crippen molar-refractivity contribution in [3.8, 4) is 0 Å². The summed E-state index contributed by atoms with van der Waals surface area (Å²) in [4.78, 5) is 0. The van der Waals surface area contributed by atoms with Crippen molar-refractivity contribution in [3.05, 3.63) is 70.5 Å². The lowest BCUT2D eigenvalue weighted by molar-refractivity contribution is 0.178. The molecule has 2 aromatic rings. The summed E-state index contributed by atoms with van der Waals surface area (Å²) in [6.07, 6.45) is 6.66. The first-order chi connectivity index (χ1) is 12.7. The van der Waals surface area contributed by atoms with Gasteiger partial charge in [0, 0.05) is 11.1 Å². The largest absolute Gasteiger partial charge is 0.312 e. The normalized spacial score (nSPS) is 23.1. The minimum absolute atomic E-state index is 0.119. The summed E-state index contributed by atoms with van der Waals surface area (Å²) in [6, 6.07) is 15.4. The summed E-state index contributed by atoms with van der Waals surface area (Å²) in [5.74, 6) is -0.173. The van der Waals surface area contributed by atoms with Gasteiger partial charge in [-0.2, -0.15) is 0 Å². The van der Waals surface area contributed by atoms with Crippen molar-refractivity contribution < 1.29 is 4.39 Å². The molecule has 2 N–H and O–H groups in total. The van der Waals surface area contributed by atoms with E-state index in [-0.39, 0.29) is 11.4 Å². The lowest BCUT2D eigenvalue weighted by Gasteiger charge is -2.45. The molecule has 0 radical (unpaired) electrons. The van der Waals surface area contributed by atoms with Gasteiger partial charge in [0.25, 0.3) is 0 Å². The minimum atomic E-state index is -0.173. The summed E-state index contributed by atoms with van der Waals surface area (Å²) >= 11 is 6.55. The van der Waals surface area contributed by atoms with Gasteiger partial charge in [0.2, 0.25) is 0 Å². The Kier molecular flexibility index (Phi) is 6.68. The van der Waals surface area contributed by atoms with E-state index in [0.29, 0.717) is 6.04 Å². The van der Waals surface area contributed by atoms with E-state index in [1.165, 1.54) is 36.1 Å². The zero-order valence-corrected chi connectivity index (χ0v) is 16.2. The van der Waals surface area contributed by atoms with E-state index in [4.69, 9.17) is 11.6 Å². The Morgan fingerprint density at radius 2 is 1.88 bits per heavy atom. The molecule has 4 heteroatoms. The maximum absolute atomic E-state index is 13.0. The standard InChI is InChI=1S/C22H28ClFN2/c1-25-22(19-8-2-3-9-20(19)23)15-5-4-10-21(22)26-16-6-7-17-11-13-18(24)14-12-17/h2-3,8-9,11-14,21,25-26H,4-7,10,15-16H2,1H3/t21-,22+/m1/s1. The molecule has 1 fully saturated rings. The Balaban J connectivity index is 1.64. The molecule has 0 unspecified atom stereocenters. The topological polar surface area (TPSA) is 24.1 Å². The number of hydrogen-bond acceptors (Lipinski definition) is 2. The van der Waals surface area contributed by atoms with Gasteiger partial charge in [-0.15, -0.1) is 0 Å². The minimum Gasteiger partial charge on any atom is -0.312 e. The molecule has 0 aliphatic heterocycles. The van der Waals surface area contributed by atoms with E-state index >= 15 is 0 Å². The quantitative estimate of drug-likeness (QED) is 0.662. The Bertz CT molecular complexity index is 704. The molecule has 0 aromatic heterocycles. The van der Waals surface area contributed by atoms with Gasteiger partial charge in [-0.25, -0.2) is 4.39 Å². The molecule has 26 heavy (non-hydrogen) atoms. The van der Waals surface area contributed by atoms with Crippen LogP contribution in [0.25, 0.3) is 0 Å². The lowest BCUT2D eigenvalue weighted by atomic mass is 9.72. The number of hydrogen-bond donors (Lipinski definition) is 2. The molecule has 0 heterocycles. The Morgan fingerprint density at radius 3 is 2.62 bits per heavy atom. The molecule has 0 amide bonds. The van der Waals surface area contributed by atoms with Crippen LogP contribution in [-0.4, -0.2) is 19.6 Å². The average Bonchev–Trinajstić information content (AvgIpc) is 2.67. The van der Waals surface area contributed by atoms with Crippen LogP contribution in [0.3, 0.4) is 0 Å². The molecule has 0 saturated heterocycles. The highest BCUT2D eigenvalue weighted by Crippen LogP contribution is 2.40. The van der Waals surface area contributed by atoms with Crippen LogP contribution >= 0.6 is 11.6 Å². The Labute approximate surface area is 161 Å². The van der Waals surface area contributed by atoms with Gasteiger partial charge in [-0.1, -0.05) is 54.8 Å². The second-order valence-electron chi connectivity index (χ2n) is 7.18. The predicted molar refractivity (Wildman–Crippen MR) is 107 cm³/mol. The lowest BCUT2D eigenvalue weighted by Crippen LogP contribution is -2.58. The van der Waals surface area contributed by atoms with Crippen molar-refractivity contribution >= 4 is 11.6 Å². The van der Waals surface area contributed by atoms with Crippen LogP contribution in [0, 0.1) is 5.82 Å². The fourth-order valence-corrected chi connectivity index (χ4v) is 4.55. The molecule has 0 bridgehead atoms. The molecule has 3 rings (SSSR count). The van der Waals surface area contributed by atoms with Crippen molar-refractivity contribution in [3.63, 3.8) is 0 Å². The van der Waals surface area contributed by atoms with Crippen LogP contribution in [0.2, 0.25) is 5.02 Å². The SMILES string of the molecule is CN[C@]1(c2ccccc2Cl)CCCC[C@H]1NCCCc1ccc(F)cc1. The smallest absolute Gasteiger partial charge is 0.123 e. The first kappa shape index (κ1) is 19.3. The van der Waals surface area contributed by atoms with Crippen LogP contribution < -0.4 is 10.6 Å². The number of rotatable bonds is 7. The Hall–Kier alpha value is -1.42. The molecule has 0 spiro atoms. The molecule has 1 aliphatic rings. The number of likely N-dealkylation sites (N-methyl/N-ethyl adjacent to an activating group) is 1. The zero-order valence-electron chi connectivity index (χ0n) is 15.4. The summed E-state index contributed by atoms with van der Waals surface area (Å²) in [6.45, 7) is 0.940. The predicted octanol–water partition coefficient (Wildman–Crippen LogP) is 5.06. The molecule has 140 valence electrons. The average molecular weight is 375 g/mol. The van der Waals surface area contributed by atoms with E-state index < -0.39 is 0 Å². The van der Waals surface area contributed by atoms with Crippen molar-refractivity contribution in [1.82, 2.24) is 10.6 Å². The molecule has 2 aromatic carbocycles. The van der Waals surface area contributed by atoms with Crippen molar-refractivity contribution in [1.29, 1.82) is 0 Å². The van der Waals surface area contributed by atoms with Gasteiger partial charge in [0.1, 0.15) is 5.82 Å².